The molecule has 10 nitrogen and oxygen atoms in total. The van der Waals surface area contributed by atoms with E-state index in [1.165, 1.54) is 0 Å². The van der Waals surface area contributed by atoms with Gasteiger partial charge < -0.3 is 24.7 Å². The number of anilines is 1. The first kappa shape index (κ1) is 24.1. The lowest BCUT2D eigenvalue weighted by Crippen LogP contribution is -2.14. The van der Waals surface area contributed by atoms with Crippen molar-refractivity contribution >= 4 is 40.1 Å². The van der Waals surface area contributed by atoms with Crippen LogP contribution in [0, 0.1) is 0 Å². The molecule has 3 aromatic carbocycles. The van der Waals surface area contributed by atoms with Gasteiger partial charge in [0.25, 0.3) is 5.22 Å². The molecular weight excluding hydrogens is 492 g/mol. The molecule has 0 aliphatic rings. The second-order valence-electron chi connectivity index (χ2n) is 8.02. The maximum Gasteiger partial charge on any atom is 0.277 e. The number of ether oxygens (including phenoxy) is 1. The highest BCUT2D eigenvalue weighted by atomic mass is 32.2. The molecule has 0 saturated heterocycles. The number of fused-ring (bicyclic) bond motifs is 1. The van der Waals surface area contributed by atoms with Crippen LogP contribution >= 0.6 is 11.8 Å². The first-order valence-corrected chi connectivity index (χ1v) is 12.2. The second-order valence-corrected chi connectivity index (χ2v) is 8.95. The van der Waals surface area contributed by atoms with Crippen LogP contribution in [0.25, 0.3) is 33.9 Å². The molecule has 5 aromatic rings. The fraction of sp³-hybridized carbons (Fsp3) is 0.115. The summed E-state index contributed by atoms with van der Waals surface area (Å²) in [6, 6.07) is 20.3. The molecule has 37 heavy (non-hydrogen) atoms. The topological polar surface area (TPSA) is 139 Å². The maximum absolute atomic E-state index is 12.3. The molecule has 186 valence electrons. The monoisotopic (exact) mass is 514 g/mol. The van der Waals surface area contributed by atoms with Crippen molar-refractivity contribution in [2.45, 2.75) is 12.1 Å². The number of aromatic amines is 1. The van der Waals surface area contributed by atoms with Crippen molar-refractivity contribution in [1.29, 1.82) is 0 Å². The number of carbonyl (C=O) groups is 1. The molecule has 0 spiro atoms. The summed E-state index contributed by atoms with van der Waals surface area (Å²) in [5.41, 5.74) is 5.21. The van der Waals surface area contributed by atoms with Crippen molar-refractivity contribution in [1.82, 2.24) is 20.2 Å². The highest BCUT2D eigenvalue weighted by Gasteiger charge is 2.14. The fourth-order valence-corrected chi connectivity index (χ4v) is 4.15. The first-order valence-electron chi connectivity index (χ1n) is 11.2. The molecule has 11 heteroatoms. The van der Waals surface area contributed by atoms with Gasteiger partial charge in [-0.1, -0.05) is 29.1 Å². The molecule has 2 heterocycles. The van der Waals surface area contributed by atoms with E-state index in [-0.39, 0.29) is 11.7 Å². The number of benzene rings is 3. The zero-order chi connectivity index (χ0) is 25.8. The van der Waals surface area contributed by atoms with Gasteiger partial charge in [-0.2, -0.15) is 0 Å². The summed E-state index contributed by atoms with van der Waals surface area (Å²) < 4.78 is 11.0. The van der Waals surface area contributed by atoms with Gasteiger partial charge in [0, 0.05) is 16.8 Å². The number of H-pyrrole nitrogens is 1. The van der Waals surface area contributed by atoms with Crippen LogP contribution < -0.4 is 10.1 Å². The van der Waals surface area contributed by atoms with Crippen molar-refractivity contribution in [3.63, 3.8) is 0 Å². The molecule has 2 aromatic heterocycles. The van der Waals surface area contributed by atoms with Gasteiger partial charge in [-0.05, 0) is 67.1 Å². The molecule has 0 radical (unpaired) electrons. The predicted molar refractivity (Wildman–Crippen MR) is 141 cm³/mol. The standard InChI is InChI=1S/C26H22N6O4S/c1-15(32-34)16-3-8-19(9-4-16)27-23(33)14-37-26-31-30-25(36-26)18-7-12-21-22(13-18)29-24(28-21)17-5-10-20(35-2)11-6-17/h3-13,34H,14H2,1-2H3,(H,27,33)(H,28,29)/b32-15-. The van der Waals surface area contributed by atoms with E-state index in [0.29, 0.717) is 22.5 Å². The Hall–Kier alpha value is -4.64. The number of amides is 1. The van der Waals surface area contributed by atoms with Gasteiger partial charge in [0.2, 0.25) is 11.8 Å². The largest absolute Gasteiger partial charge is 0.497 e. The SMILES string of the molecule is COc1ccc(-c2nc3ccc(-c4nnc(SCC(=O)Nc5ccc(/C(C)=N\O)cc5)o4)cc3[nH]2)cc1. The van der Waals surface area contributed by atoms with Crippen LogP contribution in [-0.2, 0) is 4.79 Å². The summed E-state index contributed by atoms with van der Waals surface area (Å²) in [4.78, 5) is 20.3. The molecule has 0 bridgehead atoms. The summed E-state index contributed by atoms with van der Waals surface area (Å²) in [6.07, 6.45) is 0. The molecule has 0 saturated carbocycles. The number of imidazole rings is 1. The van der Waals surface area contributed by atoms with Crippen LogP contribution in [0.4, 0.5) is 5.69 Å². The first-order chi connectivity index (χ1) is 18.0. The average Bonchev–Trinajstić information content (AvgIpc) is 3.59. The smallest absolute Gasteiger partial charge is 0.277 e. The van der Waals surface area contributed by atoms with Crippen molar-refractivity contribution in [3.8, 4) is 28.6 Å². The van der Waals surface area contributed by atoms with Gasteiger partial charge in [-0.3, -0.25) is 4.79 Å². The molecule has 0 aliphatic heterocycles. The van der Waals surface area contributed by atoms with Gasteiger partial charge >= 0.3 is 0 Å². The zero-order valence-electron chi connectivity index (χ0n) is 19.9. The molecule has 0 atom stereocenters. The number of hydrogen-bond acceptors (Lipinski definition) is 9. The minimum absolute atomic E-state index is 0.102. The fourth-order valence-electron chi connectivity index (χ4n) is 3.59. The highest BCUT2D eigenvalue weighted by Crippen LogP contribution is 2.28. The lowest BCUT2D eigenvalue weighted by molar-refractivity contribution is -0.113. The highest BCUT2D eigenvalue weighted by molar-refractivity contribution is 7.99. The molecule has 0 unspecified atom stereocenters. The van der Waals surface area contributed by atoms with E-state index in [4.69, 9.17) is 14.4 Å². The number of nitrogens with one attached hydrogen (secondary N) is 2. The molecular formula is C26H22N6O4S. The van der Waals surface area contributed by atoms with Crippen LogP contribution in [0.5, 0.6) is 5.75 Å². The van der Waals surface area contributed by atoms with Gasteiger partial charge in [0.15, 0.2) is 0 Å². The van der Waals surface area contributed by atoms with Crippen LogP contribution in [0.2, 0.25) is 0 Å². The third-order valence-electron chi connectivity index (χ3n) is 5.56. The van der Waals surface area contributed by atoms with Gasteiger partial charge in [0.1, 0.15) is 11.6 Å². The van der Waals surface area contributed by atoms with Gasteiger partial charge in [-0.15, -0.1) is 10.2 Å². The number of nitrogens with zero attached hydrogens (tertiary/aromatic N) is 4. The van der Waals surface area contributed by atoms with Crippen LogP contribution in [0.3, 0.4) is 0 Å². The van der Waals surface area contributed by atoms with E-state index in [0.717, 1.165) is 51.1 Å². The molecule has 1 amide bonds. The molecule has 5 rings (SSSR count). The number of aromatic nitrogens is 4. The Morgan fingerprint density at radius 1 is 1.08 bits per heavy atom. The Kier molecular flexibility index (Phi) is 6.86. The molecule has 3 N–H and O–H groups in total. The van der Waals surface area contributed by atoms with Gasteiger partial charge in [0.05, 0.1) is 29.6 Å². The van der Waals surface area contributed by atoms with E-state index in [9.17, 15) is 4.79 Å². The van der Waals surface area contributed by atoms with Crippen molar-refractivity contribution in [2.24, 2.45) is 5.16 Å². The Morgan fingerprint density at radius 2 is 1.84 bits per heavy atom. The van der Waals surface area contributed by atoms with E-state index in [1.54, 1.807) is 38.3 Å². The van der Waals surface area contributed by atoms with Gasteiger partial charge in [-0.25, -0.2) is 4.98 Å². The summed E-state index contributed by atoms with van der Waals surface area (Å²) in [6.45, 7) is 1.69. The number of oxime groups is 1. The Morgan fingerprint density at radius 3 is 2.57 bits per heavy atom. The van der Waals surface area contributed by atoms with Crippen molar-refractivity contribution < 1.29 is 19.2 Å². The van der Waals surface area contributed by atoms with E-state index in [1.807, 2.05) is 42.5 Å². The van der Waals surface area contributed by atoms with Crippen molar-refractivity contribution in [3.05, 3.63) is 72.3 Å². The van der Waals surface area contributed by atoms with Crippen LogP contribution in [-0.4, -0.2) is 49.9 Å². The summed E-state index contributed by atoms with van der Waals surface area (Å²) in [5, 5.41) is 23.3. The Labute approximate surface area is 215 Å². The summed E-state index contributed by atoms with van der Waals surface area (Å²) in [5.74, 6) is 1.76. The Bertz CT molecular complexity index is 1580. The van der Waals surface area contributed by atoms with Crippen LogP contribution in [0.15, 0.2) is 81.5 Å². The van der Waals surface area contributed by atoms with E-state index >= 15 is 0 Å². The van der Waals surface area contributed by atoms with Crippen molar-refractivity contribution in [2.75, 3.05) is 18.2 Å². The number of rotatable bonds is 8. The minimum Gasteiger partial charge on any atom is -0.497 e. The zero-order valence-corrected chi connectivity index (χ0v) is 20.7. The molecule has 0 fully saturated rings. The Balaban J connectivity index is 1.22. The third kappa shape index (κ3) is 5.46. The molecule has 0 aliphatic carbocycles. The quantitative estimate of drug-likeness (QED) is 0.111. The maximum atomic E-state index is 12.3. The number of carbonyl (C=O) groups excluding carboxylic acids is 1. The van der Waals surface area contributed by atoms with E-state index < -0.39 is 0 Å². The second kappa shape index (κ2) is 10.5. The minimum atomic E-state index is -0.213. The summed E-state index contributed by atoms with van der Waals surface area (Å²) >= 11 is 1.15. The lowest BCUT2D eigenvalue weighted by Gasteiger charge is -2.05. The average molecular weight is 515 g/mol. The number of hydrogen-bond donors (Lipinski definition) is 3. The summed E-state index contributed by atoms with van der Waals surface area (Å²) in [7, 11) is 1.63. The predicted octanol–water partition coefficient (Wildman–Crippen LogP) is 5.22. The van der Waals surface area contributed by atoms with E-state index in [2.05, 4.69) is 30.6 Å². The normalized spacial score (nSPS) is 11.6. The third-order valence-corrected chi connectivity index (χ3v) is 6.38. The lowest BCUT2D eigenvalue weighted by atomic mass is 10.1. The number of methoxy groups -OCH3 is 1. The van der Waals surface area contributed by atoms with Crippen LogP contribution in [0.1, 0.15) is 12.5 Å². The number of thioether (sulfide) groups is 1.